The first kappa shape index (κ1) is 28.8. The highest BCUT2D eigenvalue weighted by atomic mass is 16.5. The normalized spacial score (nSPS) is 10.9. The summed E-state index contributed by atoms with van der Waals surface area (Å²) in [6, 6.07) is 13.5. The molecule has 0 heterocycles. The minimum atomic E-state index is -0.860. The van der Waals surface area contributed by atoms with Crippen LogP contribution in [0.4, 0.5) is 0 Å². The van der Waals surface area contributed by atoms with Crippen LogP contribution in [0, 0.1) is 0 Å². The minimum absolute atomic E-state index is 0.00419. The number of carboxylic acids is 1. The molecule has 0 spiro atoms. The molecule has 0 saturated heterocycles. The van der Waals surface area contributed by atoms with Crippen LogP contribution in [-0.2, 0) is 16.0 Å². The van der Waals surface area contributed by atoms with Crippen molar-refractivity contribution in [3.05, 3.63) is 59.7 Å². The first-order valence-corrected chi connectivity index (χ1v) is 12.5. The van der Waals surface area contributed by atoms with Gasteiger partial charge in [-0.3, -0.25) is 9.59 Å². The van der Waals surface area contributed by atoms with Crippen LogP contribution in [0.15, 0.2) is 48.5 Å². The maximum Gasteiger partial charge on any atom is 0.303 e. The molecular formula is C29H39NO6. The molecule has 0 radical (unpaired) electrons. The number of unbranched alkanes of at least 4 members (excludes halogenated alkanes) is 3. The molecule has 0 atom stereocenters. The second-order valence-corrected chi connectivity index (χ2v) is 8.74. The van der Waals surface area contributed by atoms with E-state index >= 15 is 0 Å². The molecule has 1 N–H and O–H groups in total. The zero-order valence-electron chi connectivity index (χ0n) is 21.7. The van der Waals surface area contributed by atoms with E-state index in [9.17, 15) is 14.7 Å². The number of hydrogen-bond donors (Lipinski definition) is 1. The molecule has 7 heteroatoms. The maximum atomic E-state index is 11.7. The van der Waals surface area contributed by atoms with Crippen molar-refractivity contribution in [3.8, 4) is 17.2 Å². The largest absolute Gasteiger partial charge is 0.497 e. The SMILES string of the molecule is COc1ccc(/C=C/CCCCOc2cccc(OCCCCC(=O)N(C)C)c2CCC(=O)O)cc1. The molecule has 2 rings (SSSR count). The summed E-state index contributed by atoms with van der Waals surface area (Å²) in [4.78, 5) is 24.5. The molecular weight excluding hydrogens is 458 g/mol. The number of rotatable bonds is 17. The third-order valence-electron chi connectivity index (χ3n) is 5.67. The molecule has 0 aliphatic rings. The predicted octanol–water partition coefficient (Wildman–Crippen LogP) is 5.61. The van der Waals surface area contributed by atoms with Gasteiger partial charge >= 0.3 is 5.97 Å². The highest BCUT2D eigenvalue weighted by molar-refractivity contribution is 5.75. The zero-order valence-corrected chi connectivity index (χ0v) is 21.7. The van der Waals surface area contributed by atoms with Crippen LogP contribution in [0.3, 0.4) is 0 Å². The van der Waals surface area contributed by atoms with E-state index in [0.717, 1.165) is 49.0 Å². The van der Waals surface area contributed by atoms with Crippen molar-refractivity contribution in [2.45, 2.75) is 51.4 Å². The van der Waals surface area contributed by atoms with E-state index in [0.29, 0.717) is 37.6 Å². The van der Waals surface area contributed by atoms with E-state index in [1.54, 1.807) is 26.1 Å². The lowest BCUT2D eigenvalue weighted by atomic mass is 10.1. The lowest BCUT2D eigenvalue weighted by Crippen LogP contribution is -2.21. The van der Waals surface area contributed by atoms with Crippen LogP contribution in [0.5, 0.6) is 17.2 Å². The van der Waals surface area contributed by atoms with Crippen LogP contribution in [0.25, 0.3) is 6.08 Å². The minimum Gasteiger partial charge on any atom is -0.497 e. The monoisotopic (exact) mass is 497 g/mol. The summed E-state index contributed by atoms with van der Waals surface area (Å²) < 4.78 is 17.2. The molecule has 0 unspecified atom stereocenters. The summed E-state index contributed by atoms with van der Waals surface area (Å²) in [6.45, 7) is 1.01. The molecule has 196 valence electrons. The third-order valence-corrected chi connectivity index (χ3v) is 5.67. The van der Waals surface area contributed by atoms with E-state index < -0.39 is 5.97 Å². The number of nitrogens with zero attached hydrogens (tertiary/aromatic N) is 1. The molecule has 0 bridgehead atoms. The number of allylic oxidation sites excluding steroid dienone is 1. The Morgan fingerprint density at radius 3 is 2.11 bits per heavy atom. The fourth-order valence-electron chi connectivity index (χ4n) is 3.56. The number of carbonyl (C=O) groups is 2. The number of methoxy groups -OCH3 is 1. The summed E-state index contributed by atoms with van der Waals surface area (Å²) >= 11 is 0. The molecule has 0 aromatic heterocycles. The topological polar surface area (TPSA) is 85.3 Å². The van der Waals surface area contributed by atoms with Crippen molar-refractivity contribution in [3.63, 3.8) is 0 Å². The molecule has 1 amide bonds. The fraction of sp³-hybridized carbons (Fsp3) is 0.448. The molecule has 0 saturated carbocycles. The van der Waals surface area contributed by atoms with Gasteiger partial charge in [-0.15, -0.1) is 0 Å². The number of carboxylic acid groups (broad SMARTS) is 1. The van der Waals surface area contributed by atoms with Gasteiger partial charge in [0.25, 0.3) is 0 Å². The summed E-state index contributed by atoms with van der Waals surface area (Å²) in [7, 11) is 5.15. The second kappa shape index (κ2) is 16.2. The van der Waals surface area contributed by atoms with E-state index in [-0.39, 0.29) is 12.3 Å². The van der Waals surface area contributed by atoms with Crippen LogP contribution in [0.1, 0.15) is 56.1 Å². The Bertz CT molecular complexity index is 968. The molecule has 0 aliphatic carbocycles. The molecule has 0 aliphatic heterocycles. The molecule has 0 fully saturated rings. The van der Waals surface area contributed by atoms with Gasteiger partial charge in [-0.2, -0.15) is 0 Å². The number of carbonyl (C=O) groups excluding carboxylic acids is 1. The van der Waals surface area contributed by atoms with Crippen molar-refractivity contribution >= 4 is 18.0 Å². The van der Waals surface area contributed by atoms with Crippen LogP contribution in [-0.4, -0.2) is 56.3 Å². The van der Waals surface area contributed by atoms with Crippen LogP contribution in [0.2, 0.25) is 0 Å². The number of hydrogen-bond acceptors (Lipinski definition) is 5. The Labute approximate surface area is 214 Å². The lowest BCUT2D eigenvalue weighted by Gasteiger charge is -2.16. The fourth-order valence-corrected chi connectivity index (χ4v) is 3.56. The summed E-state index contributed by atoms with van der Waals surface area (Å²) in [5.74, 6) is 1.41. The quantitative estimate of drug-likeness (QED) is 0.286. The van der Waals surface area contributed by atoms with Gasteiger partial charge in [-0.25, -0.2) is 0 Å². The molecule has 36 heavy (non-hydrogen) atoms. The van der Waals surface area contributed by atoms with Crippen LogP contribution >= 0.6 is 0 Å². The van der Waals surface area contributed by atoms with Crippen LogP contribution < -0.4 is 14.2 Å². The summed E-state index contributed by atoms with van der Waals surface area (Å²) in [5, 5.41) is 9.17. The van der Waals surface area contributed by atoms with Gasteiger partial charge in [0, 0.05) is 32.5 Å². The Balaban J connectivity index is 1.81. The Morgan fingerprint density at radius 2 is 1.53 bits per heavy atom. The number of amides is 1. The highest BCUT2D eigenvalue weighted by Crippen LogP contribution is 2.30. The Hall–Kier alpha value is -3.48. The summed E-state index contributed by atoms with van der Waals surface area (Å²) in [6.07, 6.45) is 9.38. The molecule has 2 aromatic rings. The third kappa shape index (κ3) is 10.8. The second-order valence-electron chi connectivity index (χ2n) is 8.74. The molecule has 2 aromatic carbocycles. The maximum absolute atomic E-state index is 11.7. The Morgan fingerprint density at radius 1 is 0.889 bits per heavy atom. The number of benzene rings is 2. The van der Waals surface area contributed by atoms with Crippen molar-refractivity contribution in [2.24, 2.45) is 0 Å². The van der Waals surface area contributed by atoms with E-state index in [1.807, 2.05) is 42.5 Å². The van der Waals surface area contributed by atoms with Crippen molar-refractivity contribution < 1.29 is 28.9 Å². The zero-order chi connectivity index (χ0) is 26.2. The van der Waals surface area contributed by atoms with Crippen molar-refractivity contribution in [1.29, 1.82) is 0 Å². The van der Waals surface area contributed by atoms with Crippen molar-refractivity contribution in [1.82, 2.24) is 4.90 Å². The number of ether oxygens (including phenoxy) is 3. The van der Waals surface area contributed by atoms with Gasteiger partial charge in [-0.1, -0.05) is 30.4 Å². The molecule has 7 nitrogen and oxygen atoms in total. The highest BCUT2D eigenvalue weighted by Gasteiger charge is 2.13. The first-order chi connectivity index (χ1) is 17.4. The Kier molecular flexibility index (Phi) is 13.0. The van der Waals surface area contributed by atoms with Crippen molar-refractivity contribution in [2.75, 3.05) is 34.4 Å². The predicted molar refractivity (Wildman–Crippen MR) is 142 cm³/mol. The van der Waals surface area contributed by atoms with Gasteiger partial charge in [0.1, 0.15) is 17.2 Å². The van der Waals surface area contributed by atoms with E-state index in [4.69, 9.17) is 14.2 Å². The van der Waals surface area contributed by atoms with E-state index in [1.165, 1.54) is 0 Å². The van der Waals surface area contributed by atoms with Gasteiger partial charge in [0.2, 0.25) is 5.91 Å². The first-order valence-electron chi connectivity index (χ1n) is 12.5. The standard InChI is InChI=1S/C29H39NO6/c1-30(2)28(31)14-7-9-22-36-27-13-10-12-26(25(27)19-20-29(32)33)35-21-8-5-4-6-11-23-15-17-24(34-3)18-16-23/h6,10-13,15-18H,4-5,7-9,14,19-22H2,1-3H3,(H,32,33)/b11-6+. The average molecular weight is 498 g/mol. The number of aliphatic carboxylic acids is 1. The van der Waals surface area contributed by atoms with E-state index in [2.05, 4.69) is 12.2 Å². The average Bonchev–Trinajstić information content (AvgIpc) is 2.87. The van der Waals surface area contributed by atoms with Gasteiger partial charge < -0.3 is 24.2 Å². The summed E-state index contributed by atoms with van der Waals surface area (Å²) in [5.41, 5.74) is 1.92. The lowest BCUT2D eigenvalue weighted by molar-refractivity contribution is -0.137. The van der Waals surface area contributed by atoms with Gasteiger partial charge in [0.05, 0.1) is 20.3 Å². The van der Waals surface area contributed by atoms with Gasteiger partial charge in [-0.05, 0) is 68.4 Å². The van der Waals surface area contributed by atoms with Gasteiger partial charge in [0.15, 0.2) is 0 Å². The smallest absolute Gasteiger partial charge is 0.303 e.